The van der Waals surface area contributed by atoms with Gasteiger partial charge in [0.1, 0.15) is 0 Å². The number of oxime groups is 1. The van der Waals surface area contributed by atoms with Gasteiger partial charge in [0.25, 0.3) is 5.91 Å². The van der Waals surface area contributed by atoms with E-state index in [4.69, 9.17) is 16.4 Å². The molecular formula is C16H13ClN2O2. The highest BCUT2D eigenvalue weighted by atomic mass is 35.5. The summed E-state index contributed by atoms with van der Waals surface area (Å²) >= 11 is 5.89. The average molecular weight is 301 g/mol. The van der Waals surface area contributed by atoms with Gasteiger partial charge in [-0.3, -0.25) is 4.79 Å². The summed E-state index contributed by atoms with van der Waals surface area (Å²) < 4.78 is 0. The van der Waals surface area contributed by atoms with Crippen molar-refractivity contribution in [3.05, 3.63) is 65.2 Å². The van der Waals surface area contributed by atoms with Gasteiger partial charge in [-0.1, -0.05) is 53.2 Å². The third kappa shape index (κ3) is 3.23. The second kappa shape index (κ2) is 5.97. The first-order chi connectivity index (χ1) is 10.2. The Morgan fingerprint density at radius 1 is 1.19 bits per heavy atom. The molecule has 1 aliphatic heterocycles. The van der Waals surface area contributed by atoms with E-state index in [1.54, 1.807) is 24.3 Å². The van der Waals surface area contributed by atoms with Crippen molar-refractivity contribution in [3.8, 4) is 0 Å². The van der Waals surface area contributed by atoms with E-state index in [-0.39, 0.29) is 5.91 Å². The van der Waals surface area contributed by atoms with Crippen molar-refractivity contribution in [3.63, 3.8) is 0 Å². The van der Waals surface area contributed by atoms with Crippen molar-refractivity contribution in [2.45, 2.75) is 12.5 Å². The molecule has 0 aliphatic carbocycles. The van der Waals surface area contributed by atoms with Crippen LogP contribution >= 0.6 is 11.6 Å². The molecule has 0 saturated carbocycles. The van der Waals surface area contributed by atoms with Gasteiger partial charge >= 0.3 is 0 Å². The molecule has 0 saturated heterocycles. The van der Waals surface area contributed by atoms with Gasteiger partial charge in [-0.2, -0.15) is 0 Å². The molecule has 1 N–H and O–H groups in total. The Morgan fingerprint density at radius 2 is 2.00 bits per heavy atom. The molecule has 3 rings (SSSR count). The number of benzene rings is 2. The van der Waals surface area contributed by atoms with E-state index < -0.39 is 6.10 Å². The van der Waals surface area contributed by atoms with Crippen LogP contribution < -0.4 is 5.32 Å². The molecule has 1 amide bonds. The molecule has 5 heteroatoms. The van der Waals surface area contributed by atoms with Crippen LogP contribution in [0, 0.1) is 0 Å². The van der Waals surface area contributed by atoms with Crippen LogP contribution in [0.4, 0.5) is 5.69 Å². The lowest BCUT2D eigenvalue weighted by Crippen LogP contribution is -2.28. The summed E-state index contributed by atoms with van der Waals surface area (Å²) in [4.78, 5) is 17.4. The largest absolute Gasteiger partial charge is 0.382 e. The lowest BCUT2D eigenvalue weighted by atomic mass is 10.0. The fraction of sp³-hybridized carbons (Fsp3) is 0.125. The molecule has 1 atom stereocenters. The molecule has 21 heavy (non-hydrogen) atoms. The number of amides is 1. The predicted octanol–water partition coefficient (Wildman–Crippen LogP) is 3.47. The van der Waals surface area contributed by atoms with Crippen LogP contribution in [0.1, 0.15) is 12.0 Å². The predicted molar refractivity (Wildman–Crippen MR) is 82.6 cm³/mol. The summed E-state index contributed by atoms with van der Waals surface area (Å²) in [7, 11) is 0. The smallest absolute Gasteiger partial charge is 0.268 e. The maximum atomic E-state index is 12.2. The number of hydrogen-bond donors (Lipinski definition) is 1. The molecule has 106 valence electrons. The molecule has 2 aromatic rings. The summed E-state index contributed by atoms with van der Waals surface area (Å²) in [6.07, 6.45) is -0.157. The number of anilines is 1. The van der Waals surface area contributed by atoms with E-state index >= 15 is 0 Å². The van der Waals surface area contributed by atoms with Crippen LogP contribution in [0.15, 0.2) is 59.8 Å². The number of hydrogen-bond acceptors (Lipinski definition) is 3. The van der Waals surface area contributed by atoms with E-state index in [9.17, 15) is 4.79 Å². The third-order valence-corrected chi connectivity index (χ3v) is 3.40. The number of carbonyl (C=O) groups is 1. The highest BCUT2D eigenvalue weighted by Crippen LogP contribution is 2.19. The minimum atomic E-state index is -0.612. The second-order valence-electron chi connectivity index (χ2n) is 4.70. The van der Waals surface area contributed by atoms with E-state index in [1.165, 1.54) is 0 Å². The molecule has 0 aromatic heterocycles. The highest BCUT2D eigenvalue weighted by molar-refractivity contribution is 6.30. The topological polar surface area (TPSA) is 50.7 Å². The normalized spacial score (nSPS) is 17.0. The molecule has 4 nitrogen and oxygen atoms in total. The van der Waals surface area contributed by atoms with Crippen molar-refractivity contribution in [1.82, 2.24) is 0 Å². The first kappa shape index (κ1) is 13.6. The Hall–Kier alpha value is -2.33. The molecule has 0 radical (unpaired) electrons. The molecule has 1 heterocycles. The van der Waals surface area contributed by atoms with Crippen LogP contribution in [-0.2, 0) is 9.63 Å². The summed E-state index contributed by atoms with van der Waals surface area (Å²) in [6.45, 7) is 0. The zero-order valence-corrected chi connectivity index (χ0v) is 11.9. The van der Waals surface area contributed by atoms with Crippen LogP contribution in [-0.4, -0.2) is 17.7 Å². The van der Waals surface area contributed by atoms with Gasteiger partial charge in [-0.15, -0.1) is 0 Å². The lowest BCUT2D eigenvalue weighted by Gasteiger charge is -2.09. The molecule has 0 spiro atoms. The fourth-order valence-electron chi connectivity index (χ4n) is 2.11. The summed E-state index contributed by atoms with van der Waals surface area (Å²) in [6, 6.07) is 16.7. The lowest BCUT2D eigenvalue weighted by molar-refractivity contribution is -0.125. The molecular weight excluding hydrogens is 288 g/mol. The SMILES string of the molecule is O=C(Nc1cccc(Cl)c1)[C@H]1CC(c2ccccc2)=NO1. The zero-order chi connectivity index (χ0) is 14.7. The molecule has 0 bridgehead atoms. The summed E-state index contributed by atoms with van der Waals surface area (Å²) in [5.74, 6) is -0.230. The zero-order valence-electron chi connectivity index (χ0n) is 11.1. The van der Waals surface area contributed by atoms with Crippen molar-refractivity contribution >= 4 is 28.9 Å². The Balaban J connectivity index is 1.64. The van der Waals surface area contributed by atoms with Crippen LogP contribution in [0.25, 0.3) is 0 Å². The molecule has 0 unspecified atom stereocenters. The van der Waals surface area contributed by atoms with E-state index in [1.807, 2.05) is 30.3 Å². The van der Waals surface area contributed by atoms with Crippen molar-refractivity contribution in [1.29, 1.82) is 0 Å². The van der Waals surface area contributed by atoms with Crippen LogP contribution in [0.2, 0.25) is 5.02 Å². The van der Waals surface area contributed by atoms with Gasteiger partial charge in [0.15, 0.2) is 0 Å². The van der Waals surface area contributed by atoms with Crippen molar-refractivity contribution < 1.29 is 9.63 Å². The second-order valence-corrected chi connectivity index (χ2v) is 5.14. The number of nitrogens with one attached hydrogen (secondary N) is 1. The maximum absolute atomic E-state index is 12.2. The number of carbonyl (C=O) groups excluding carboxylic acids is 1. The Labute approximate surface area is 127 Å². The van der Waals surface area contributed by atoms with Crippen molar-refractivity contribution in [2.24, 2.45) is 5.16 Å². The molecule has 2 aromatic carbocycles. The standard InChI is InChI=1S/C16H13ClN2O2/c17-12-7-4-8-13(9-12)18-16(20)15-10-14(19-21-15)11-5-2-1-3-6-11/h1-9,15H,10H2,(H,18,20)/t15-/m1/s1. The van der Waals surface area contributed by atoms with Gasteiger partial charge in [0.2, 0.25) is 6.10 Å². The Morgan fingerprint density at radius 3 is 2.76 bits per heavy atom. The van der Waals surface area contributed by atoms with E-state index in [0.717, 1.165) is 11.3 Å². The van der Waals surface area contributed by atoms with Crippen LogP contribution in [0.5, 0.6) is 0 Å². The number of halogens is 1. The van der Waals surface area contributed by atoms with Gasteiger partial charge in [0.05, 0.1) is 5.71 Å². The van der Waals surface area contributed by atoms with Gasteiger partial charge in [-0.05, 0) is 23.8 Å². The number of rotatable bonds is 3. The molecule has 1 aliphatic rings. The minimum Gasteiger partial charge on any atom is -0.382 e. The van der Waals surface area contributed by atoms with Gasteiger partial charge in [0, 0.05) is 17.1 Å². The third-order valence-electron chi connectivity index (χ3n) is 3.16. The molecule has 0 fully saturated rings. The fourth-order valence-corrected chi connectivity index (χ4v) is 2.30. The first-order valence-electron chi connectivity index (χ1n) is 6.57. The van der Waals surface area contributed by atoms with Gasteiger partial charge < -0.3 is 10.2 Å². The quantitative estimate of drug-likeness (QED) is 0.943. The van der Waals surface area contributed by atoms with E-state index in [2.05, 4.69) is 10.5 Å². The first-order valence-corrected chi connectivity index (χ1v) is 6.95. The summed E-state index contributed by atoms with van der Waals surface area (Å²) in [5, 5.41) is 7.34. The highest BCUT2D eigenvalue weighted by Gasteiger charge is 2.28. The minimum absolute atomic E-state index is 0.230. The summed E-state index contributed by atoms with van der Waals surface area (Å²) in [5.41, 5.74) is 2.39. The Bertz CT molecular complexity index is 686. The van der Waals surface area contributed by atoms with Crippen molar-refractivity contribution in [2.75, 3.05) is 5.32 Å². The average Bonchev–Trinajstić information content (AvgIpc) is 2.98. The number of nitrogens with zero attached hydrogens (tertiary/aromatic N) is 1. The van der Waals surface area contributed by atoms with Gasteiger partial charge in [-0.25, -0.2) is 0 Å². The van der Waals surface area contributed by atoms with Crippen LogP contribution in [0.3, 0.4) is 0 Å². The monoisotopic (exact) mass is 300 g/mol. The Kier molecular flexibility index (Phi) is 3.88. The maximum Gasteiger partial charge on any atom is 0.268 e. The van der Waals surface area contributed by atoms with E-state index in [0.29, 0.717) is 17.1 Å².